The van der Waals surface area contributed by atoms with Crippen LogP contribution in [0.2, 0.25) is 0 Å². The van der Waals surface area contributed by atoms with Crippen molar-refractivity contribution < 1.29 is 14.3 Å². The Morgan fingerprint density at radius 1 is 1.33 bits per heavy atom. The predicted molar refractivity (Wildman–Crippen MR) is 98.8 cm³/mol. The first-order valence-electron chi connectivity index (χ1n) is 9.32. The fourth-order valence-electron chi connectivity index (χ4n) is 3.92. The third kappa shape index (κ3) is 3.35. The van der Waals surface area contributed by atoms with Gasteiger partial charge in [0.05, 0.1) is 12.4 Å². The molecule has 1 aromatic heterocycles. The van der Waals surface area contributed by atoms with Crippen molar-refractivity contribution in [2.24, 2.45) is 7.05 Å². The number of ether oxygens (including phenoxy) is 1. The average Bonchev–Trinajstić information content (AvgIpc) is 3.30. The Hall–Kier alpha value is -2.67. The Kier molecular flexibility index (Phi) is 4.70. The molecule has 27 heavy (non-hydrogen) atoms. The number of hydrogen-bond acceptors (Lipinski definition) is 4. The standard InChI is InChI=1S/C20H24N4O3/c1-3-24-17(25)11-27-19(18(24)13-7-5-4-6-8-13)20(26)22-15-9-14(15)16-10-21-12-23(16)2/h4-8,10,12,14-15,18-19H,3,9,11H2,1-2H3,(H,22,26)/t14-,15-,18-,19+/m1/s1. The van der Waals surface area contributed by atoms with E-state index in [4.69, 9.17) is 4.74 Å². The highest BCUT2D eigenvalue weighted by molar-refractivity contribution is 5.86. The SMILES string of the molecule is CCN1C(=O)CO[C@H](C(=O)N[C@@H]2C[C@H]2c2cncn2C)[C@H]1c1ccccc1. The summed E-state index contributed by atoms with van der Waals surface area (Å²) < 4.78 is 7.69. The van der Waals surface area contributed by atoms with E-state index in [2.05, 4.69) is 10.3 Å². The van der Waals surface area contributed by atoms with Crippen molar-refractivity contribution in [3.63, 3.8) is 0 Å². The highest BCUT2D eigenvalue weighted by atomic mass is 16.5. The smallest absolute Gasteiger partial charge is 0.251 e. The lowest BCUT2D eigenvalue weighted by atomic mass is 9.97. The molecule has 1 aromatic carbocycles. The zero-order chi connectivity index (χ0) is 19.0. The molecule has 0 unspecified atom stereocenters. The molecule has 1 aliphatic carbocycles. The Bertz CT molecular complexity index is 835. The third-order valence-corrected chi connectivity index (χ3v) is 5.42. The summed E-state index contributed by atoms with van der Waals surface area (Å²) in [7, 11) is 1.96. The number of carbonyl (C=O) groups is 2. The molecule has 0 radical (unpaired) electrons. The van der Waals surface area contributed by atoms with Crippen LogP contribution in [-0.2, 0) is 21.4 Å². The van der Waals surface area contributed by atoms with Crippen molar-refractivity contribution in [1.29, 1.82) is 0 Å². The fraction of sp³-hybridized carbons (Fsp3) is 0.450. The van der Waals surface area contributed by atoms with E-state index >= 15 is 0 Å². The van der Waals surface area contributed by atoms with E-state index in [1.54, 1.807) is 11.2 Å². The van der Waals surface area contributed by atoms with Gasteiger partial charge in [-0.25, -0.2) is 4.98 Å². The summed E-state index contributed by atoms with van der Waals surface area (Å²) >= 11 is 0. The van der Waals surface area contributed by atoms with E-state index in [9.17, 15) is 9.59 Å². The maximum Gasteiger partial charge on any atom is 0.251 e. The van der Waals surface area contributed by atoms with Gasteiger partial charge in [-0.1, -0.05) is 30.3 Å². The van der Waals surface area contributed by atoms with E-state index in [-0.39, 0.29) is 30.4 Å². The van der Waals surface area contributed by atoms with E-state index in [1.807, 2.05) is 55.1 Å². The maximum atomic E-state index is 13.0. The van der Waals surface area contributed by atoms with Crippen LogP contribution in [0.1, 0.15) is 36.6 Å². The van der Waals surface area contributed by atoms with Crippen molar-refractivity contribution in [2.45, 2.75) is 37.5 Å². The first kappa shape index (κ1) is 17.7. The molecule has 2 fully saturated rings. The molecule has 4 atom stereocenters. The fourth-order valence-corrected chi connectivity index (χ4v) is 3.92. The predicted octanol–water partition coefficient (Wildman–Crippen LogP) is 1.38. The molecule has 1 aliphatic heterocycles. The second-order valence-electron chi connectivity index (χ2n) is 7.15. The van der Waals surface area contributed by atoms with Gasteiger partial charge in [-0.05, 0) is 18.9 Å². The summed E-state index contributed by atoms with van der Waals surface area (Å²) in [6.45, 7) is 2.39. The normalized spacial score (nSPS) is 27.5. The van der Waals surface area contributed by atoms with Gasteiger partial charge >= 0.3 is 0 Å². The van der Waals surface area contributed by atoms with E-state index in [0.29, 0.717) is 6.54 Å². The van der Waals surface area contributed by atoms with E-state index < -0.39 is 12.1 Å². The topological polar surface area (TPSA) is 76.5 Å². The van der Waals surface area contributed by atoms with Crippen molar-refractivity contribution in [1.82, 2.24) is 19.8 Å². The van der Waals surface area contributed by atoms with Gasteiger partial charge in [-0.3, -0.25) is 9.59 Å². The molecule has 4 rings (SSSR count). The van der Waals surface area contributed by atoms with Crippen LogP contribution in [0.3, 0.4) is 0 Å². The van der Waals surface area contributed by atoms with Gasteiger partial charge in [0, 0.05) is 37.4 Å². The lowest BCUT2D eigenvalue weighted by Crippen LogP contribution is -2.54. The number of nitrogens with zero attached hydrogens (tertiary/aromatic N) is 3. The molecule has 2 aliphatic rings. The first-order valence-corrected chi connectivity index (χ1v) is 9.32. The number of imidazole rings is 1. The molecule has 1 saturated carbocycles. The first-order chi connectivity index (χ1) is 13.1. The molecule has 2 amide bonds. The number of aryl methyl sites for hydroxylation is 1. The van der Waals surface area contributed by atoms with Crippen LogP contribution < -0.4 is 5.32 Å². The van der Waals surface area contributed by atoms with Gasteiger partial charge in [0.15, 0.2) is 6.10 Å². The van der Waals surface area contributed by atoms with Crippen molar-refractivity contribution in [3.8, 4) is 0 Å². The number of likely N-dealkylation sites (N-methyl/N-ethyl adjacent to an activating group) is 1. The molecule has 0 spiro atoms. The molecule has 1 saturated heterocycles. The van der Waals surface area contributed by atoms with Crippen LogP contribution in [0.15, 0.2) is 42.9 Å². The number of carbonyl (C=O) groups excluding carboxylic acids is 2. The number of aromatic nitrogens is 2. The molecule has 2 aromatic rings. The van der Waals surface area contributed by atoms with Gasteiger partial charge in [0.25, 0.3) is 5.91 Å². The van der Waals surface area contributed by atoms with Crippen LogP contribution in [0, 0.1) is 0 Å². The number of hydrogen-bond donors (Lipinski definition) is 1. The Morgan fingerprint density at radius 2 is 2.11 bits per heavy atom. The zero-order valence-corrected chi connectivity index (χ0v) is 15.5. The minimum atomic E-state index is -0.710. The van der Waals surface area contributed by atoms with Crippen molar-refractivity contribution in [2.75, 3.05) is 13.2 Å². The highest BCUT2D eigenvalue weighted by Gasteiger charge is 2.46. The van der Waals surface area contributed by atoms with Gasteiger partial charge in [-0.15, -0.1) is 0 Å². The molecule has 0 bridgehead atoms. The summed E-state index contributed by atoms with van der Waals surface area (Å²) in [5, 5.41) is 3.11. The molecule has 7 heteroatoms. The summed E-state index contributed by atoms with van der Waals surface area (Å²) in [5.41, 5.74) is 2.03. The summed E-state index contributed by atoms with van der Waals surface area (Å²) in [4.78, 5) is 31.2. The summed E-state index contributed by atoms with van der Waals surface area (Å²) in [6.07, 6.45) is 3.80. The monoisotopic (exact) mass is 368 g/mol. The number of amides is 2. The van der Waals surface area contributed by atoms with Gasteiger partial charge < -0.3 is 19.5 Å². The summed E-state index contributed by atoms with van der Waals surface area (Å²) in [5.74, 6) is 0.0307. The number of benzene rings is 1. The van der Waals surface area contributed by atoms with Crippen molar-refractivity contribution >= 4 is 11.8 Å². The molecular weight excluding hydrogens is 344 g/mol. The van der Waals surface area contributed by atoms with Crippen molar-refractivity contribution in [3.05, 3.63) is 54.1 Å². The number of rotatable bonds is 5. The molecule has 142 valence electrons. The Morgan fingerprint density at radius 3 is 2.78 bits per heavy atom. The largest absolute Gasteiger partial charge is 0.356 e. The summed E-state index contributed by atoms with van der Waals surface area (Å²) in [6, 6.07) is 9.29. The Labute approximate surface area is 158 Å². The highest BCUT2D eigenvalue weighted by Crippen LogP contribution is 2.41. The molecular formula is C20H24N4O3. The second-order valence-corrected chi connectivity index (χ2v) is 7.15. The Balaban J connectivity index is 1.51. The number of nitrogens with one attached hydrogen (secondary N) is 1. The molecule has 7 nitrogen and oxygen atoms in total. The van der Waals surface area contributed by atoms with Crippen LogP contribution in [0.5, 0.6) is 0 Å². The van der Waals surface area contributed by atoms with Crippen LogP contribution >= 0.6 is 0 Å². The third-order valence-electron chi connectivity index (χ3n) is 5.42. The minimum absolute atomic E-state index is 0.0644. The van der Waals surface area contributed by atoms with E-state index in [1.165, 1.54) is 0 Å². The average molecular weight is 368 g/mol. The quantitative estimate of drug-likeness (QED) is 0.865. The zero-order valence-electron chi connectivity index (χ0n) is 15.5. The lowest BCUT2D eigenvalue weighted by Gasteiger charge is -2.40. The van der Waals surface area contributed by atoms with Gasteiger partial charge in [-0.2, -0.15) is 0 Å². The van der Waals surface area contributed by atoms with Crippen LogP contribution in [0.25, 0.3) is 0 Å². The second kappa shape index (κ2) is 7.15. The van der Waals surface area contributed by atoms with Gasteiger partial charge in [0.2, 0.25) is 5.91 Å². The molecule has 1 N–H and O–H groups in total. The number of morpholine rings is 1. The van der Waals surface area contributed by atoms with E-state index in [0.717, 1.165) is 17.7 Å². The van der Waals surface area contributed by atoms with Crippen LogP contribution in [0.4, 0.5) is 0 Å². The minimum Gasteiger partial charge on any atom is -0.356 e. The maximum absolute atomic E-state index is 13.0. The van der Waals surface area contributed by atoms with Gasteiger partial charge in [0.1, 0.15) is 6.61 Å². The molecule has 2 heterocycles. The lowest BCUT2D eigenvalue weighted by molar-refractivity contribution is -0.164. The van der Waals surface area contributed by atoms with Crippen LogP contribution in [-0.4, -0.2) is 51.6 Å².